The summed E-state index contributed by atoms with van der Waals surface area (Å²) in [4.78, 5) is 27.4. The fraction of sp³-hybridized carbons (Fsp3) is 0.190. The van der Waals surface area contributed by atoms with Crippen LogP contribution in [0, 0.1) is 5.82 Å². The molecule has 0 saturated heterocycles. The summed E-state index contributed by atoms with van der Waals surface area (Å²) in [6.07, 6.45) is 2.73. The number of nitrogens with two attached hydrogens (primary N) is 1. The standard InChI is InChI=1S/C21H21FN4O5S/c1-2-31-21(28)15-6-8-17(9-7-15)26(20(13-19(23)27)25-11-10-24-14-25)32(29,30)18-5-3-4-16(22)12-18/h3-12,14,20H,2,13H2,1H3,(H2,23,27). The lowest BCUT2D eigenvalue weighted by atomic mass is 10.2. The van der Waals surface area contributed by atoms with Gasteiger partial charge in [0.1, 0.15) is 12.0 Å². The van der Waals surface area contributed by atoms with Crippen molar-refractivity contribution < 1.29 is 27.1 Å². The number of benzene rings is 2. The maximum atomic E-state index is 13.8. The van der Waals surface area contributed by atoms with Crippen LogP contribution in [-0.4, -0.2) is 36.5 Å². The van der Waals surface area contributed by atoms with E-state index in [0.29, 0.717) is 0 Å². The first kappa shape index (κ1) is 22.9. The van der Waals surface area contributed by atoms with Crippen molar-refractivity contribution in [3.8, 4) is 0 Å². The number of anilines is 1. The first-order chi connectivity index (χ1) is 15.2. The quantitative estimate of drug-likeness (QED) is 0.489. The molecule has 3 aromatic rings. The number of rotatable bonds is 9. The predicted octanol–water partition coefficient (Wildman–Crippen LogP) is 2.47. The number of sulfonamides is 1. The van der Waals surface area contributed by atoms with Crippen molar-refractivity contribution in [3.63, 3.8) is 0 Å². The van der Waals surface area contributed by atoms with Gasteiger partial charge in [-0.15, -0.1) is 0 Å². The fourth-order valence-corrected chi connectivity index (χ4v) is 4.75. The van der Waals surface area contributed by atoms with Gasteiger partial charge in [0.25, 0.3) is 10.0 Å². The molecule has 32 heavy (non-hydrogen) atoms. The molecule has 2 aromatic carbocycles. The Morgan fingerprint density at radius 1 is 1.22 bits per heavy atom. The second-order valence-corrected chi connectivity index (χ2v) is 8.50. The summed E-state index contributed by atoms with van der Waals surface area (Å²) < 4.78 is 48.4. The maximum absolute atomic E-state index is 13.8. The van der Waals surface area contributed by atoms with Crippen molar-refractivity contribution in [2.75, 3.05) is 10.9 Å². The molecule has 1 heterocycles. The van der Waals surface area contributed by atoms with E-state index in [-0.39, 0.29) is 29.2 Å². The molecular formula is C21H21FN4O5S. The van der Waals surface area contributed by atoms with Crippen molar-refractivity contribution in [3.05, 3.63) is 78.6 Å². The van der Waals surface area contributed by atoms with Gasteiger partial charge < -0.3 is 15.0 Å². The highest BCUT2D eigenvalue weighted by atomic mass is 32.2. The van der Waals surface area contributed by atoms with Crippen LogP contribution in [0.4, 0.5) is 10.1 Å². The highest BCUT2D eigenvalue weighted by molar-refractivity contribution is 7.92. The smallest absolute Gasteiger partial charge is 0.338 e. The predicted molar refractivity (Wildman–Crippen MR) is 114 cm³/mol. The molecule has 1 amide bonds. The SMILES string of the molecule is CCOC(=O)c1ccc(N(C(CC(N)=O)n2ccnc2)S(=O)(=O)c2cccc(F)c2)cc1. The van der Waals surface area contributed by atoms with E-state index in [1.54, 1.807) is 6.92 Å². The first-order valence-electron chi connectivity index (χ1n) is 9.57. The van der Waals surface area contributed by atoms with Gasteiger partial charge in [-0.3, -0.25) is 4.79 Å². The van der Waals surface area contributed by atoms with Crippen LogP contribution in [0.3, 0.4) is 0 Å². The Balaban J connectivity index is 2.17. The van der Waals surface area contributed by atoms with Crippen LogP contribution in [0.5, 0.6) is 0 Å². The summed E-state index contributed by atoms with van der Waals surface area (Å²) in [7, 11) is -4.37. The van der Waals surface area contributed by atoms with Gasteiger partial charge in [-0.25, -0.2) is 26.9 Å². The topological polar surface area (TPSA) is 125 Å². The minimum Gasteiger partial charge on any atom is -0.462 e. The zero-order valence-corrected chi connectivity index (χ0v) is 17.9. The molecule has 0 radical (unpaired) electrons. The molecule has 0 bridgehead atoms. The summed E-state index contributed by atoms with van der Waals surface area (Å²) in [6, 6.07) is 10.1. The number of carbonyl (C=O) groups is 2. The van der Waals surface area contributed by atoms with E-state index in [1.807, 2.05) is 0 Å². The number of amides is 1. The number of halogens is 1. The molecule has 2 N–H and O–H groups in total. The second-order valence-electron chi connectivity index (χ2n) is 6.69. The van der Waals surface area contributed by atoms with Crippen molar-refractivity contribution in [2.45, 2.75) is 24.4 Å². The zero-order valence-electron chi connectivity index (χ0n) is 17.1. The molecule has 0 aliphatic carbocycles. The number of hydrogen-bond donors (Lipinski definition) is 1. The number of imidazole rings is 1. The summed E-state index contributed by atoms with van der Waals surface area (Å²) in [6.45, 7) is 1.85. The number of esters is 1. The highest BCUT2D eigenvalue weighted by Crippen LogP contribution is 2.33. The van der Waals surface area contributed by atoms with Gasteiger partial charge in [0.15, 0.2) is 0 Å². The summed E-state index contributed by atoms with van der Waals surface area (Å²) in [5.74, 6) is -2.06. The van der Waals surface area contributed by atoms with E-state index in [1.165, 1.54) is 59.7 Å². The Hall–Kier alpha value is -3.73. The van der Waals surface area contributed by atoms with E-state index in [0.717, 1.165) is 16.4 Å². The van der Waals surface area contributed by atoms with Crippen molar-refractivity contribution in [2.24, 2.45) is 5.73 Å². The lowest BCUT2D eigenvalue weighted by molar-refractivity contribution is -0.118. The van der Waals surface area contributed by atoms with Crippen LogP contribution >= 0.6 is 0 Å². The third kappa shape index (κ3) is 4.94. The molecule has 0 aliphatic heterocycles. The van der Waals surface area contributed by atoms with Crippen LogP contribution in [0.1, 0.15) is 29.9 Å². The molecule has 0 fully saturated rings. The lowest BCUT2D eigenvalue weighted by Crippen LogP contribution is -2.40. The van der Waals surface area contributed by atoms with Gasteiger partial charge in [-0.2, -0.15) is 0 Å². The monoisotopic (exact) mass is 460 g/mol. The number of ether oxygens (including phenoxy) is 1. The molecule has 0 saturated carbocycles. The van der Waals surface area contributed by atoms with Crippen molar-refractivity contribution in [1.29, 1.82) is 0 Å². The summed E-state index contributed by atoms with van der Waals surface area (Å²) in [5.41, 5.74) is 5.75. The highest BCUT2D eigenvalue weighted by Gasteiger charge is 2.34. The molecular weight excluding hydrogens is 439 g/mol. The second kappa shape index (κ2) is 9.60. The van der Waals surface area contributed by atoms with Crippen molar-refractivity contribution >= 4 is 27.6 Å². The first-order valence-corrected chi connectivity index (χ1v) is 11.0. The zero-order chi connectivity index (χ0) is 23.3. The van der Waals surface area contributed by atoms with E-state index >= 15 is 0 Å². The number of nitrogens with zero attached hydrogens (tertiary/aromatic N) is 3. The fourth-order valence-electron chi connectivity index (χ4n) is 3.11. The molecule has 11 heteroatoms. The van der Waals surface area contributed by atoms with Gasteiger partial charge in [0.2, 0.25) is 5.91 Å². The molecule has 1 aromatic heterocycles. The average Bonchev–Trinajstić information content (AvgIpc) is 3.28. The van der Waals surface area contributed by atoms with E-state index < -0.39 is 33.9 Å². The average molecular weight is 460 g/mol. The van der Waals surface area contributed by atoms with Gasteiger partial charge in [0.05, 0.1) is 35.5 Å². The van der Waals surface area contributed by atoms with Crippen LogP contribution in [0.2, 0.25) is 0 Å². The van der Waals surface area contributed by atoms with Gasteiger partial charge in [-0.05, 0) is 49.4 Å². The van der Waals surface area contributed by atoms with E-state index in [4.69, 9.17) is 10.5 Å². The minimum atomic E-state index is -4.37. The Labute approximate surface area is 184 Å². The molecule has 3 rings (SSSR count). The molecule has 1 atom stereocenters. The Morgan fingerprint density at radius 2 is 1.94 bits per heavy atom. The summed E-state index contributed by atoms with van der Waals surface area (Å²) >= 11 is 0. The Morgan fingerprint density at radius 3 is 2.50 bits per heavy atom. The molecule has 0 aliphatic rings. The number of hydrogen-bond acceptors (Lipinski definition) is 6. The molecule has 1 unspecified atom stereocenters. The molecule has 9 nitrogen and oxygen atoms in total. The largest absolute Gasteiger partial charge is 0.462 e. The lowest BCUT2D eigenvalue weighted by Gasteiger charge is -2.33. The van der Waals surface area contributed by atoms with Crippen LogP contribution in [-0.2, 0) is 19.6 Å². The van der Waals surface area contributed by atoms with Crippen molar-refractivity contribution in [1.82, 2.24) is 9.55 Å². The maximum Gasteiger partial charge on any atom is 0.338 e. The molecule has 168 valence electrons. The Kier molecular flexibility index (Phi) is 6.89. The van der Waals surface area contributed by atoms with Gasteiger partial charge >= 0.3 is 5.97 Å². The Bertz CT molecular complexity index is 1200. The third-order valence-electron chi connectivity index (χ3n) is 4.51. The number of carbonyl (C=O) groups excluding carboxylic acids is 2. The number of aromatic nitrogens is 2. The normalized spacial score (nSPS) is 12.2. The van der Waals surface area contributed by atoms with Gasteiger partial charge in [-0.1, -0.05) is 6.07 Å². The van der Waals surface area contributed by atoms with Crippen LogP contribution < -0.4 is 10.0 Å². The van der Waals surface area contributed by atoms with Gasteiger partial charge in [0, 0.05) is 12.4 Å². The minimum absolute atomic E-state index is 0.127. The van der Waals surface area contributed by atoms with E-state index in [2.05, 4.69) is 4.98 Å². The van der Waals surface area contributed by atoms with Crippen LogP contribution in [0.15, 0.2) is 72.1 Å². The van der Waals surface area contributed by atoms with E-state index in [9.17, 15) is 22.4 Å². The number of primary amides is 1. The van der Waals surface area contributed by atoms with Crippen LogP contribution in [0.25, 0.3) is 0 Å². The third-order valence-corrected chi connectivity index (χ3v) is 6.33. The molecule has 0 spiro atoms. The summed E-state index contributed by atoms with van der Waals surface area (Å²) in [5, 5.41) is 0.